The van der Waals surface area contributed by atoms with E-state index >= 15 is 0 Å². The highest BCUT2D eigenvalue weighted by molar-refractivity contribution is 5.66. The van der Waals surface area contributed by atoms with Gasteiger partial charge >= 0.3 is 6.09 Å². The molecule has 0 aliphatic carbocycles. The Morgan fingerprint density at radius 2 is 2.29 bits per heavy atom. The third-order valence-electron chi connectivity index (χ3n) is 4.57. The summed E-state index contributed by atoms with van der Waals surface area (Å²) in [5.41, 5.74) is 1.70. The first-order valence-electron chi connectivity index (χ1n) is 8.58. The van der Waals surface area contributed by atoms with Gasteiger partial charge in [0.1, 0.15) is 5.82 Å². The van der Waals surface area contributed by atoms with Gasteiger partial charge in [-0.05, 0) is 62.4 Å². The second-order valence-corrected chi connectivity index (χ2v) is 6.23. The zero-order valence-corrected chi connectivity index (χ0v) is 14.4. The fraction of sp³-hybridized carbons (Fsp3) is 0.611. The van der Waals surface area contributed by atoms with Gasteiger partial charge in [-0.15, -0.1) is 0 Å². The molecule has 1 aliphatic heterocycles. The Morgan fingerprint density at radius 1 is 1.50 bits per heavy atom. The van der Waals surface area contributed by atoms with Gasteiger partial charge in [0, 0.05) is 26.3 Å². The van der Waals surface area contributed by atoms with Gasteiger partial charge in [-0.2, -0.15) is 0 Å². The summed E-state index contributed by atoms with van der Waals surface area (Å²) < 4.78 is 18.7. The van der Waals surface area contributed by atoms with Crippen LogP contribution in [0.15, 0.2) is 18.2 Å². The van der Waals surface area contributed by atoms with Gasteiger partial charge < -0.3 is 20.1 Å². The number of hydrogen-bond acceptors (Lipinski definition) is 3. The van der Waals surface area contributed by atoms with Crippen molar-refractivity contribution in [1.29, 1.82) is 0 Å². The standard InChI is InChI=1S/C18H27FN2O3/c1-3-24-10-4-8-20-12-14-7-9-21(18(22)23)17(14)16-6-5-15(19)11-13(16)2/h5-6,11,14,17,20H,3-4,7-10,12H2,1-2H3,(H,22,23). The number of rotatable bonds is 8. The monoisotopic (exact) mass is 338 g/mol. The third kappa shape index (κ3) is 4.68. The summed E-state index contributed by atoms with van der Waals surface area (Å²) in [5, 5.41) is 12.9. The van der Waals surface area contributed by atoms with Crippen LogP contribution in [0.4, 0.5) is 9.18 Å². The van der Waals surface area contributed by atoms with Crippen molar-refractivity contribution in [1.82, 2.24) is 10.2 Å². The zero-order valence-electron chi connectivity index (χ0n) is 14.4. The normalized spacial score (nSPS) is 20.5. The molecule has 0 bridgehead atoms. The molecular formula is C18H27FN2O3. The molecule has 5 nitrogen and oxygen atoms in total. The first-order valence-corrected chi connectivity index (χ1v) is 8.58. The van der Waals surface area contributed by atoms with E-state index in [0.717, 1.165) is 50.3 Å². The summed E-state index contributed by atoms with van der Waals surface area (Å²) in [5.74, 6) is -0.0981. The van der Waals surface area contributed by atoms with Crippen molar-refractivity contribution < 1.29 is 19.0 Å². The second-order valence-electron chi connectivity index (χ2n) is 6.23. The molecule has 2 unspecified atom stereocenters. The van der Waals surface area contributed by atoms with Crippen LogP contribution in [0.3, 0.4) is 0 Å². The van der Waals surface area contributed by atoms with Crippen LogP contribution >= 0.6 is 0 Å². The zero-order chi connectivity index (χ0) is 17.5. The first kappa shape index (κ1) is 18.7. The molecule has 1 aromatic rings. The van der Waals surface area contributed by atoms with E-state index in [1.54, 1.807) is 6.07 Å². The molecule has 1 saturated heterocycles. The van der Waals surface area contributed by atoms with Gasteiger partial charge in [-0.3, -0.25) is 0 Å². The molecule has 2 rings (SSSR count). The maximum absolute atomic E-state index is 13.4. The molecule has 0 spiro atoms. The van der Waals surface area contributed by atoms with Crippen LogP contribution in [-0.2, 0) is 4.74 Å². The van der Waals surface area contributed by atoms with E-state index in [1.165, 1.54) is 17.0 Å². The Hall–Kier alpha value is -1.66. The minimum absolute atomic E-state index is 0.192. The number of nitrogens with zero attached hydrogens (tertiary/aromatic N) is 1. The van der Waals surface area contributed by atoms with Gasteiger partial charge in [0.15, 0.2) is 0 Å². The molecule has 1 aromatic carbocycles. The quantitative estimate of drug-likeness (QED) is 0.715. The third-order valence-corrected chi connectivity index (χ3v) is 4.57. The van der Waals surface area contributed by atoms with Crippen molar-refractivity contribution in [2.24, 2.45) is 5.92 Å². The van der Waals surface area contributed by atoms with Crippen molar-refractivity contribution in [3.05, 3.63) is 35.1 Å². The Bertz CT molecular complexity index is 553. The van der Waals surface area contributed by atoms with Crippen LogP contribution in [0.2, 0.25) is 0 Å². The molecule has 24 heavy (non-hydrogen) atoms. The molecule has 1 amide bonds. The molecule has 1 aliphatic rings. The average Bonchev–Trinajstić information content (AvgIpc) is 2.95. The van der Waals surface area contributed by atoms with E-state index in [2.05, 4.69) is 5.32 Å². The Balaban J connectivity index is 2.02. The highest BCUT2D eigenvalue weighted by atomic mass is 19.1. The lowest BCUT2D eigenvalue weighted by Gasteiger charge is -2.28. The van der Waals surface area contributed by atoms with E-state index in [9.17, 15) is 14.3 Å². The van der Waals surface area contributed by atoms with Crippen LogP contribution in [0.1, 0.15) is 36.9 Å². The number of hydrogen-bond donors (Lipinski definition) is 2. The lowest BCUT2D eigenvalue weighted by molar-refractivity contribution is 0.133. The average molecular weight is 338 g/mol. The SMILES string of the molecule is CCOCCCNCC1CCN(C(=O)O)C1c1ccc(F)cc1C. The van der Waals surface area contributed by atoms with Gasteiger partial charge in [0.2, 0.25) is 0 Å². The van der Waals surface area contributed by atoms with Gasteiger partial charge in [-0.1, -0.05) is 6.07 Å². The topological polar surface area (TPSA) is 61.8 Å². The van der Waals surface area contributed by atoms with Crippen LogP contribution in [0.5, 0.6) is 0 Å². The Labute approximate surface area is 142 Å². The molecule has 0 aromatic heterocycles. The van der Waals surface area contributed by atoms with Crippen molar-refractivity contribution >= 4 is 6.09 Å². The second kappa shape index (κ2) is 8.99. The van der Waals surface area contributed by atoms with Crippen LogP contribution in [0, 0.1) is 18.7 Å². The van der Waals surface area contributed by atoms with Crippen molar-refractivity contribution in [3.63, 3.8) is 0 Å². The van der Waals surface area contributed by atoms with Crippen molar-refractivity contribution in [3.8, 4) is 0 Å². The number of halogens is 1. The van der Waals surface area contributed by atoms with Gasteiger partial charge in [0.05, 0.1) is 6.04 Å². The fourth-order valence-corrected chi connectivity index (χ4v) is 3.41. The molecule has 2 N–H and O–H groups in total. The lowest BCUT2D eigenvalue weighted by Crippen LogP contribution is -2.34. The molecule has 2 atom stereocenters. The number of benzene rings is 1. The minimum atomic E-state index is -0.914. The van der Waals surface area contributed by atoms with Crippen LogP contribution in [0.25, 0.3) is 0 Å². The molecule has 1 fully saturated rings. The van der Waals surface area contributed by atoms with E-state index < -0.39 is 6.09 Å². The summed E-state index contributed by atoms with van der Waals surface area (Å²) in [7, 11) is 0. The summed E-state index contributed by atoms with van der Waals surface area (Å²) in [6.45, 7) is 7.38. The first-order chi connectivity index (χ1) is 11.5. The molecule has 1 heterocycles. The number of nitrogens with one attached hydrogen (secondary N) is 1. The fourth-order valence-electron chi connectivity index (χ4n) is 3.41. The van der Waals surface area contributed by atoms with Crippen LogP contribution in [-0.4, -0.2) is 48.9 Å². The maximum atomic E-state index is 13.4. The van der Waals surface area contributed by atoms with E-state index in [0.29, 0.717) is 6.54 Å². The van der Waals surface area contributed by atoms with E-state index in [4.69, 9.17) is 4.74 Å². The van der Waals surface area contributed by atoms with Crippen molar-refractivity contribution in [2.45, 2.75) is 32.7 Å². The number of amides is 1. The number of aryl methyl sites for hydroxylation is 1. The maximum Gasteiger partial charge on any atom is 0.407 e. The predicted molar refractivity (Wildman–Crippen MR) is 90.7 cm³/mol. The number of likely N-dealkylation sites (tertiary alicyclic amines) is 1. The lowest BCUT2D eigenvalue weighted by atomic mass is 9.90. The molecule has 6 heteroatoms. The molecule has 134 valence electrons. The van der Waals surface area contributed by atoms with E-state index in [-0.39, 0.29) is 17.8 Å². The van der Waals surface area contributed by atoms with Crippen molar-refractivity contribution in [2.75, 3.05) is 32.8 Å². The highest BCUT2D eigenvalue weighted by Crippen LogP contribution is 2.38. The van der Waals surface area contributed by atoms with Gasteiger partial charge in [-0.25, -0.2) is 9.18 Å². The Morgan fingerprint density at radius 3 is 2.96 bits per heavy atom. The Kier molecular flexibility index (Phi) is 6.99. The largest absolute Gasteiger partial charge is 0.465 e. The molecule has 0 saturated carbocycles. The summed E-state index contributed by atoms with van der Waals surface area (Å²) in [6, 6.07) is 4.38. The number of carbonyl (C=O) groups is 1. The predicted octanol–water partition coefficient (Wildman–Crippen LogP) is 3.19. The number of carboxylic acid groups (broad SMARTS) is 1. The summed E-state index contributed by atoms with van der Waals surface area (Å²) >= 11 is 0. The summed E-state index contributed by atoms with van der Waals surface area (Å²) in [6.07, 6.45) is 0.831. The van der Waals surface area contributed by atoms with E-state index in [1.807, 2.05) is 13.8 Å². The van der Waals surface area contributed by atoms with Gasteiger partial charge in [0.25, 0.3) is 0 Å². The van der Waals surface area contributed by atoms with Crippen LogP contribution < -0.4 is 5.32 Å². The molecule has 0 radical (unpaired) electrons. The molecular weight excluding hydrogens is 311 g/mol. The summed E-state index contributed by atoms with van der Waals surface area (Å²) in [4.78, 5) is 13.1. The highest BCUT2D eigenvalue weighted by Gasteiger charge is 2.38. The smallest absolute Gasteiger partial charge is 0.407 e. The minimum Gasteiger partial charge on any atom is -0.465 e. The number of ether oxygens (including phenoxy) is 1.